The van der Waals surface area contributed by atoms with Gasteiger partial charge in [0, 0.05) is 38.8 Å². The summed E-state index contributed by atoms with van der Waals surface area (Å²) in [6.45, 7) is 3.53. The van der Waals surface area contributed by atoms with Gasteiger partial charge in [-0.15, -0.1) is 0 Å². The molecule has 0 saturated carbocycles. The van der Waals surface area contributed by atoms with Crippen LogP contribution in [-0.2, 0) is 27.8 Å². The van der Waals surface area contributed by atoms with E-state index in [0.29, 0.717) is 36.9 Å². The second-order valence-electron chi connectivity index (χ2n) is 10.4. The predicted octanol–water partition coefficient (Wildman–Crippen LogP) is 1.81. The van der Waals surface area contributed by atoms with Crippen molar-refractivity contribution in [1.82, 2.24) is 23.5 Å². The van der Waals surface area contributed by atoms with E-state index in [1.165, 1.54) is 0 Å². The first-order valence-electron chi connectivity index (χ1n) is 12.6. The lowest BCUT2D eigenvalue weighted by atomic mass is 9.72. The van der Waals surface area contributed by atoms with Gasteiger partial charge in [-0.2, -0.15) is 17.2 Å². The Morgan fingerprint density at radius 3 is 2.68 bits per heavy atom. The standard InChI is InChI=1S/C25H30N6O4S2/c1-29-15-18(12-17-13-19-16(14-21(17)29)4-3-5-22(19)35-37(2,33)34)25(32)31-10-8-30(9-11-31)23-7-6-20-24(26-23)28-36-27-20/h3-7,17-18,21H,8-15H2,1-2H3/t17-,18-,21-/m1/s1. The molecule has 2 aliphatic heterocycles. The van der Waals surface area contributed by atoms with Crippen LogP contribution in [0.5, 0.6) is 5.75 Å². The SMILES string of the molecule is CN1C[C@H](C(=O)N2CCN(c3ccc4nsnc4n3)CC2)C[C@@H]2Cc3c(cccc3OS(C)(=O)=O)C[C@H]21. The number of hydrogen-bond donors (Lipinski definition) is 0. The van der Waals surface area contributed by atoms with Gasteiger partial charge in [0.25, 0.3) is 0 Å². The van der Waals surface area contributed by atoms with Gasteiger partial charge >= 0.3 is 10.1 Å². The highest BCUT2D eigenvalue weighted by atomic mass is 32.2. The van der Waals surface area contributed by atoms with E-state index < -0.39 is 10.1 Å². The van der Waals surface area contributed by atoms with Crippen molar-refractivity contribution in [2.75, 3.05) is 50.9 Å². The summed E-state index contributed by atoms with van der Waals surface area (Å²) in [4.78, 5) is 24.7. The number of hydrogen-bond acceptors (Lipinski definition) is 10. The molecule has 0 radical (unpaired) electrons. The van der Waals surface area contributed by atoms with E-state index >= 15 is 0 Å². The van der Waals surface area contributed by atoms with E-state index in [1.54, 1.807) is 6.07 Å². The van der Waals surface area contributed by atoms with Crippen LogP contribution in [0.3, 0.4) is 0 Å². The number of fused-ring (bicyclic) bond motifs is 3. The maximum Gasteiger partial charge on any atom is 0.306 e. The number of anilines is 1. The first-order valence-corrected chi connectivity index (χ1v) is 15.1. The molecule has 3 atom stereocenters. The van der Waals surface area contributed by atoms with Gasteiger partial charge in [0.15, 0.2) is 5.65 Å². The molecule has 3 aromatic rings. The molecule has 0 bridgehead atoms. The van der Waals surface area contributed by atoms with E-state index in [-0.39, 0.29) is 17.7 Å². The summed E-state index contributed by atoms with van der Waals surface area (Å²) in [7, 11) is -1.50. The molecule has 2 saturated heterocycles. The van der Waals surface area contributed by atoms with Crippen LogP contribution >= 0.6 is 11.7 Å². The van der Waals surface area contributed by atoms with Gasteiger partial charge in [0.2, 0.25) is 5.91 Å². The van der Waals surface area contributed by atoms with Crippen molar-refractivity contribution in [3.63, 3.8) is 0 Å². The van der Waals surface area contributed by atoms with Gasteiger partial charge in [-0.3, -0.25) is 4.79 Å². The number of likely N-dealkylation sites (tertiary alicyclic amines) is 1. The average molecular weight is 543 g/mol. The van der Waals surface area contributed by atoms with Crippen LogP contribution in [0.25, 0.3) is 11.2 Å². The lowest BCUT2D eigenvalue weighted by Gasteiger charge is -2.47. The van der Waals surface area contributed by atoms with Crippen LogP contribution in [0.15, 0.2) is 30.3 Å². The molecular weight excluding hydrogens is 512 g/mol. The number of nitrogens with zero attached hydrogens (tertiary/aromatic N) is 6. The molecule has 1 aromatic carbocycles. The summed E-state index contributed by atoms with van der Waals surface area (Å²) < 4.78 is 37.4. The molecule has 2 fully saturated rings. The highest BCUT2D eigenvalue weighted by Gasteiger charge is 2.42. The Bertz CT molecular complexity index is 1440. The van der Waals surface area contributed by atoms with Crippen molar-refractivity contribution in [2.24, 2.45) is 11.8 Å². The number of piperazine rings is 1. The topological polar surface area (TPSA) is 109 Å². The molecule has 1 amide bonds. The summed E-state index contributed by atoms with van der Waals surface area (Å²) in [5.74, 6) is 1.71. The third-order valence-corrected chi connectivity index (χ3v) is 8.96. The van der Waals surface area contributed by atoms with Crippen molar-refractivity contribution in [2.45, 2.75) is 25.3 Å². The fourth-order valence-electron chi connectivity index (χ4n) is 6.19. The number of carbonyl (C=O) groups is 1. The second kappa shape index (κ2) is 9.48. The van der Waals surface area contributed by atoms with Crippen molar-refractivity contribution >= 4 is 44.7 Å². The molecule has 2 aromatic heterocycles. The minimum absolute atomic E-state index is 0.0714. The summed E-state index contributed by atoms with van der Waals surface area (Å²) in [5.41, 5.74) is 3.57. The summed E-state index contributed by atoms with van der Waals surface area (Å²) in [6, 6.07) is 9.90. The van der Waals surface area contributed by atoms with Gasteiger partial charge in [0.05, 0.1) is 23.9 Å². The number of piperidine rings is 1. The van der Waals surface area contributed by atoms with Gasteiger partial charge in [-0.25, -0.2) is 4.98 Å². The molecule has 0 spiro atoms. The number of pyridine rings is 1. The molecule has 3 aliphatic rings. The Labute approximate surface area is 220 Å². The quantitative estimate of drug-likeness (QED) is 0.456. The van der Waals surface area contributed by atoms with Crippen molar-refractivity contribution in [3.8, 4) is 5.75 Å². The van der Waals surface area contributed by atoms with Crippen LogP contribution in [-0.4, -0.2) is 89.9 Å². The largest absolute Gasteiger partial charge is 0.382 e. The fourth-order valence-corrected chi connectivity index (χ4v) is 7.15. The molecule has 6 rings (SSSR count). The number of carbonyl (C=O) groups excluding carboxylic acids is 1. The molecule has 10 nitrogen and oxygen atoms in total. The van der Waals surface area contributed by atoms with E-state index in [9.17, 15) is 13.2 Å². The second-order valence-corrected chi connectivity index (χ2v) is 12.5. The first kappa shape index (κ1) is 24.5. The summed E-state index contributed by atoms with van der Waals surface area (Å²) in [5, 5.41) is 0. The van der Waals surface area contributed by atoms with Crippen molar-refractivity contribution in [3.05, 3.63) is 41.5 Å². The summed E-state index contributed by atoms with van der Waals surface area (Å²) >= 11 is 1.16. The predicted molar refractivity (Wildman–Crippen MR) is 141 cm³/mol. The van der Waals surface area contributed by atoms with Gasteiger partial charge in [-0.1, -0.05) is 12.1 Å². The third kappa shape index (κ3) is 4.89. The lowest BCUT2D eigenvalue weighted by Crippen LogP contribution is -2.56. The Kier molecular flexibility index (Phi) is 6.28. The summed E-state index contributed by atoms with van der Waals surface area (Å²) in [6.07, 6.45) is 3.43. The van der Waals surface area contributed by atoms with E-state index in [4.69, 9.17) is 4.18 Å². The zero-order valence-electron chi connectivity index (χ0n) is 20.9. The van der Waals surface area contributed by atoms with Crippen molar-refractivity contribution in [1.29, 1.82) is 0 Å². The Hall–Kier alpha value is -2.83. The van der Waals surface area contributed by atoms with Crippen LogP contribution < -0.4 is 9.08 Å². The minimum atomic E-state index is -3.61. The maximum atomic E-state index is 13.6. The molecule has 196 valence electrons. The number of likely N-dealkylation sites (N-methyl/N-ethyl adjacent to an activating group) is 1. The van der Waals surface area contributed by atoms with E-state index in [2.05, 4.69) is 36.6 Å². The highest BCUT2D eigenvalue weighted by molar-refractivity contribution is 7.86. The molecule has 4 heterocycles. The third-order valence-electron chi connectivity index (χ3n) is 7.94. The average Bonchev–Trinajstić information content (AvgIpc) is 3.35. The molecule has 12 heteroatoms. The maximum absolute atomic E-state index is 13.6. The lowest BCUT2D eigenvalue weighted by molar-refractivity contribution is -0.139. The van der Waals surface area contributed by atoms with Crippen LogP contribution in [0, 0.1) is 11.8 Å². The Balaban J connectivity index is 1.12. The molecule has 1 aliphatic carbocycles. The van der Waals surface area contributed by atoms with Gasteiger partial charge < -0.3 is 18.9 Å². The van der Waals surface area contributed by atoms with Crippen LogP contribution in [0.1, 0.15) is 17.5 Å². The number of amides is 1. The van der Waals surface area contributed by atoms with Gasteiger partial charge in [0.1, 0.15) is 17.1 Å². The highest BCUT2D eigenvalue weighted by Crippen LogP contribution is 2.40. The molecule has 37 heavy (non-hydrogen) atoms. The zero-order valence-corrected chi connectivity index (χ0v) is 22.5. The number of rotatable bonds is 4. The Morgan fingerprint density at radius 1 is 1.08 bits per heavy atom. The van der Waals surface area contributed by atoms with Crippen LogP contribution in [0.4, 0.5) is 5.82 Å². The number of aromatic nitrogens is 3. The smallest absolute Gasteiger partial charge is 0.306 e. The number of benzene rings is 1. The van der Waals surface area contributed by atoms with Gasteiger partial charge in [-0.05, 0) is 61.6 Å². The van der Waals surface area contributed by atoms with Crippen molar-refractivity contribution < 1.29 is 17.4 Å². The van der Waals surface area contributed by atoms with E-state index in [1.807, 2.05) is 23.1 Å². The molecule has 0 unspecified atom stereocenters. The Morgan fingerprint density at radius 2 is 1.89 bits per heavy atom. The molecular formula is C25H30N6O4S2. The monoisotopic (exact) mass is 542 g/mol. The zero-order chi connectivity index (χ0) is 25.7. The first-order chi connectivity index (χ1) is 17.7. The molecule has 0 N–H and O–H groups in total. The van der Waals surface area contributed by atoms with E-state index in [0.717, 1.165) is 72.9 Å². The normalized spacial score (nSPS) is 24.5. The fraction of sp³-hybridized carbons (Fsp3) is 0.520. The van der Waals surface area contributed by atoms with Crippen LogP contribution in [0.2, 0.25) is 0 Å². The minimum Gasteiger partial charge on any atom is -0.382 e.